The van der Waals surface area contributed by atoms with Crippen LogP contribution in [0.25, 0.3) is 0 Å². The summed E-state index contributed by atoms with van der Waals surface area (Å²) in [5.74, 6) is 0.939. The Morgan fingerprint density at radius 1 is 1.33 bits per heavy atom. The van der Waals surface area contributed by atoms with Crippen molar-refractivity contribution in [1.82, 2.24) is 0 Å². The molecule has 1 unspecified atom stereocenters. The Hall–Kier alpha value is 1.14. The lowest BCUT2D eigenvalue weighted by Gasteiger charge is -2.12. The molecular weight excluding hydrogens is 404 g/mol. The maximum Gasteiger partial charge on any atom is 0.0843 e. The molecule has 0 bridgehead atoms. The number of hydrogen-bond donors (Lipinski definition) is 0. The fourth-order valence-corrected chi connectivity index (χ4v) is 5.19. The van der Waals surface area contributed by atoms with Gasteiger partial charge in [-0.3, -0.25) is 0 Å². The summed E-state index contributed by atoms with van der Waals surface area (Å²) in [6.45, 7) is 0. The van der Waals surface area contributed by atoms with Gasteiger partial charge in [0.15, 0.2) is 0 Å². The van der Waals surface area contributed by atoms with Crippen molar-refractivity contribution in [2.75, 3.05) is 0 Å². The molecule has 1 aliphatic carbocycles. The largest absolute Gasteiger partial charge is 0.131 e. The molecule has 0 spiro atoms. The van der Waals surface area contributed by atoms with Crippen LogP contribution in [0.3, 0.4) is 0 Å². The first-order chi connectivity index (χ1) is 7.16. The maximum atomic E-state index is 3.81. The van der Waals surface area contributed by atoms with Crippen LogP contribution in [0.2, 0.25) is 0 Å². The third-order valence-corrected chi connectivity index (χ3v) is 7.53. The summed E-state index contributed by atoms with van der Waals surface area (Å²) in [4.78, 5) is 1.97. The van der Waals surface area contributed by atoms with E-state index in [1.54, 1.807) is 0 Å². The van der Waals surface area contributed by atoms with Gasteiger partial charge >= 0.3 is 0 Å². The maximum absolute atomic E-state index is 3.81. The van der Waals surface area contributed by atoms with Crippen molar-refractivity contribution < 1.29 is 0 Å². The summed E-state index contributed by atoms with van der Waals surface area (Å²) in [7, 11) is 0. The molecule has 1 heterocycles. The molecule has 4 heteroatoms. The molecule has 1 atom stereocenters. The van der Waals surface area contributed by atoms with Crippen LogP contribution in [0.4, 0.5) is 0 Å². The van der Waals surface area contributed by atoms with E-state index in [1.807, 2.05) is 11.3 Å². The third-order valence-electron chi connectivity index (χ3n) is 2.99. The van der Waals surface area contributed by atoms with E-state index < -0.39 is 0 Å². The Labute approximate surface area is 120 Å². The van der Waals surface area contributed by atoms with Crippen LogP contribution in [-0.4, -0.2) is 0 Å². The number of halogens is 3. The Bertz CT molecular complexity index is 309. The van der Waals surface area contributed by atoms with Gasteiger partial charge in [0, 0.05) is 14.2 Å². The van der Waals surface area contributed by atoms with Crippen molar-refractivity contribution in [2.24, 2.45) is 5.92 Å². The van der Waals surface area contributed by atoms with Gasteiger partial charge in [0.05, 0.1) is 3.79 Å². The third kappa shape index (κ3) is 3.30. The van der Waals surface area contributed by atoms with E-state index in [0.717, 1.165) is 5.92 Å². The first-order valence-corrected chi connectivity index (χ1v) is 8.57. The summed E-state index contributed by atoms with van der Waals surface area (Å²) in [6, 6.07) is 2.23. The van der Waals surface area contributed by atoms with Crippen molar-refractivity contribution in [3.63, 3.8) is 0 Å². The molecule has 0 nitrogen and oxygen atoms in total. The fraction of sp³-hybridized carbons (Fsp3) is 0.636. The average molecular weight is 417 g/mol. The van der Waals surface area contributed by atoms with Crippen molar-refractivity contribution in [1.29, 1.82) is 0 Å². The Morgan fingerprint density at radius 3 is 2.53 bits per heavy atom. The van der Waals surface area contributed by atoms with E-state index in [0.29, 0.717) is 4.83 Å². The first kappa shape index (κ1) is 12.6. The lowest BCUT2D eigenvalue weighted by atomic mass is 10.0. The lowest BCUT2D eigenvalue weighted by molar-refractivity contribution is 0.504. The molecule has 0 amide bonds. The van der Waals surface area contributed by atoms with Gasteiger partial charge in [0.1, 0.15) is 0 Å². The van der Waals surface area contributed by atoms with Gasteiger partial charge in [-0.05, 0) is 50.3 Å². The molecule has 1 aromatic rings. The van der Waals surface area contributed by atoms with E-state index in [9.17, 15) is 0 Å². The molecule has 0 radical (unpaired) electrons. The van der Waals surface area contributed by atoms with Gasteiger partial charge in [-0.25, -0.2) is 0 Å². The minimum Gasteiger partial charge on any atom is -0.131 e. The first-order valence-electron chi connectivity index (χ1n) is 5.25. The van der Waals surface area contributed by atoms with Crippen LogP contribution in [0.15, 0.2) is 14.3 Å². The standard InChI is InChI=1S/C11H13Br3S/c12-8(5-7-3-1-2-4-7)10-6-9(13)11(14)15-10/h6-8H,1-5H2. The zero-order valence-corrected chi connectivity index (χ0v) is 13.9. The Morgan fingerprint density at radius 2 is 2.00 bits per heavy atom. The molecule has 0 aromatic carbocycles. The monoisotopic (exact) mass is 414 g/mol. The van der Waals surface area contributed by atoms with Crippen LogP contribution in [0, 0.1) is 5.92 Å². The summed E-state index contributed by atoms with van der Waals surface area (Å²) in [6.07, 6.45) is 7.01. The highest BCUT2D eigenvalue weighted by atomic mass is 79.9. The Balaban J connectivity index is 1.97. The van der Waals surface area contributed by atoms with Gasteiger partial charge in [0.2, 0.25) is 0 Å². The van der Waals surface area contributed by atoms with Crippen molar-refractivity contribution >= 4 is 59.1 Å². The fourth-order valence-electron chi connectivity index (χ4n) is 2.17. The molecule has 1 fully saturated rings. The van der Waals surface area contributed by atoms with Crippen LogP contribution < -0.4 is 0 Å². The molecule has 0 aliphatic heterocycles. The number of alkyl halides is 1. The van der Waals surface area contributed by atoms with Gasteiger partial charge in [0.25, 0.3) is 0 Å². The number of thiophene rings is 1. The summed E-state index contributed by atoms with van der Waals surface area (Å²) >= 11 is 12.7. The molecule has 0 N–H and O–H groups in total. The zero-order chi connectivity index (χ0) is 10.8. The lowest BCUT2D eigenvalue weighted by Crippen LogP contribution is -1.97. The van der Waals surface area contributed by atoms with Crippen molar-refractivity contribution in [2.45, 2.75) is 36.9 Å². The molecule has 1 aromatic heterocycles. The second-order valence-corrected chi connectivity index (χ2v) is 8.49. The predicted octanol–water partition coefficient (Wildman–Crippen LogP) is 6.29. The highest BCUT2D eigenvalue weighted by molar-refractivity contribution is 9.13. The second kappa shape index (κ2) is 5.65. The number of rotatable bonds is 3. The Kier molecular flexibility index (Phi) is 4.75. The SMILES string of the molecule is Brc1cc(C(Br)CC2CCCC2)sc1Br. The highest BCUT2D eigenvalue weighted by Crippen LogP contribution is 2.43. The summed E-state index contributed by atoms with van der Waals surface area (Å²) < 4.78 is 2.38. The van der Waals surface area contributed by atoms with Crippen molar-refractivity contribution in [3.8, 4) is 0 Å². The molecule has 15 heavy (non-hydrogen) atoms. The van der Waals surface area contributed by atoms with E-state index in [1.165, 1.54) is 45.2 Å². The van der Waals surface area contributed by atoms with Crippen LogP contribution in [0.1, 0.15) is 41.8 Å². The minimum atomic E-state index is 0.535. The zero-order valence-electron chi connectivity index (χ0n) is 8.31. The van der Waals surface area contributed by atoms with E-state index in [4.69, 9.17) is 0 Å². The average Bonchev–Trinajstić information content (AvgIpc) is 2.78. The normalized spacial score (nSPS) is 19.7. The van der Waals surface area contributed by atoms with Gasteiger partial charge in [-0.15, -0.1) is 11.3 Å². The smallest absolute Gasteiger partial charge is 0.0843 e. The summed E-state index contributed by atoms with van der Waals surface area (Å²) in [5, 5.41) is 0. The van der Waals surface area contributed by atoms with Crippen LogP contribution in [-0.2, 0) is 0 Å². The van der Waals surface area contributed by atoms with Crippen LogP contribution >= 0.6 is 59.1 Å². The van der Waals surface area contributed by atoms with E-state index in [-0.39, 0.29) is 0 Å². The molecule has 1 aliphatic rings. The van der Waals surface area contributed by atoms with Crippen molar-refractivity contribution in [3.05, 3.63) is 19.2 Å². The quantitative estimate of drug-likeness (QED) is 0.508. The molecule has 84 valence electrons. The molecular formula is C11H13Br3S. The van der Waals surface area contributed by atoms with E-state index in [2.05, 4.69) is 53.9 Å². The molecule has 1 saturated carbocycles. The topological polar surface area (TPSA) is 0 Å². The van der Waals surface area contributed by atoms with Crippen LogP contribution in [0.5, 0.6) is 0 Å². The van der Waals surface area contributed by atoms with Gasteiger partial charge in [-0.1, -0.05) is 41.6 Å². The number of hydrogen-bond acceptors (Lipinski definition) is 1. The minimum absolute atomic E-state index is 0.535. The second-order valence-electron chi connectivity index (χ2n) is 4.12. The molecule has 2 rings (SSSR count). The van der Waals surface area contributed by atoms with E-state index >= 15 is 0 Å². The van der Waals surface area contributed by atoms with Gasteiger partial charge < -0.3 is 0 Å². The summed E-state index contributed by atoms with van der Waals surface area (Å²) in [5.41, 5.74) is 0. The predicted molar refractivity (Wildman–Crippen MR) is 78.0 cm³/mol. The van der Waals surface area contributed by atoms with Gasteiger partial charge in [-0.2, -0.15) is 0 Å². The highest BCUT2D eigenvalue weighted by Gasteiger charge is 2.21. The molecule has 0 saturated heterocycles.